The summed E-state index contributed by atoms with van der Waals surface area (Å²) in [5.41, 5.74) is 2.83. The first-order chi connectivity index (χ1) is 17.0. The zero-order valence-corrected chi connectivity index (χ0v) is 20.4. The lowest BCUT2D eigenvalue weighted by molar-refractivity contribution is 0.0695. The molecule has 1 aromatic carbocycles. The lowest BCUT2D eigenvalue weighted by atomic mass is 9.94. The topological polar surface area (TPSA) is 107 Å². The van der Waals surface area contributed by atoms with Crippen molar-refractivity contribution < 1.29 is 4.79 Å². The van der Waals surface area contributed by atoms with E-state index in [9.17, 15) is 14.9 Å². The van der Waals surface area contributed by atoms with E-state index in [0.717, 1.165) is 42.5 Å². The van der Waals surface area contributed by atoms with E-state index in [4.69, 9.17) is 5.10 Å². The quantitative estimate of drug-likeness (QED) is 0.501. The van der Waals surface area contributed by atoms with E-state index in [2.05, 4.69) is 16.4 Å². The van der Waals surface area contributed by atoms with Crippen LogP contribution in [0.5, 0.6) is 0 Å². The number of aromatic nitrogens is 3. The number of nitriles is 1. The summed E-state index contributed by atoms with van der Waals surface area (Å²) < 4.78 is 1.84. The van der Waals surface area contributed by atoms with Gasteiger partial charge in [-0.05, 0) is 68.4 Å². The van der Waals surface area contributed by atoms with Gasteiger partial charge in [-0.25, -0.2) is 0 Å². The van der Waals surface area contributed by atoms with Crippen LogP contribution in [0.1, 0.15) is 73.3 Å². The maximum Gasteiger partial charge on any atom is 0.261 e. The van der Waals surface area contributed by atoms with E-state index in [-0.39, 0.29) is 17.5 Å². The third-order valence-electron chi connectivity index (χ3n) is 7.57. The number of H-pyrrole nitrogens is 1. The smallest absolute Gasteiger partial charge is 0.261 e. The van der Waals surface area contributed by atoms with Crippen LogP contribution in [0.25, 0.3) is 10.9 Å². The molecule has 1 unspecified atom stereocenters. The second kappa shape index (κ2) is 9.57. The van der Waals surface area contributed by atoms with Crippen LogP contribution in [0.3, 0.4) is 0 Å². The van der Waals surface area contributed by atoms with Gasteiger partial charge in [0, 0.05) is 30.5 Å². The van der Waals surface area contributed by atoms with Crippen LogP contribution in [0.15, 0.2) is 35.3 Å². The molecule has 2 aliphatic carbocycles. The van der Waals surface area contributed by atoms with Crippen LogP contribution >= 0.6 is 0 Å². The van der Waals surface area contributed by atoms with Gasteiger partial charge in [-0.1, -0.05) is 19.3 Å². The highest BCUT2D eigenvalue weighted by atomic mass is 16.2. The Balaban J connectivity index is 1.43. The third-order valence-corrected chi connectivity index (χ3v) is 7.57. The minimum absolute atomic E-state index is 0.0445. The number of nitrogens with one attached hydrogen (secondary N) is 2. The summed E-state index contributed by atoms with van der Waals surface area (Å²) in [7, 11) is 1.91. The molecule has 0 aliphatic heterocycles. The van der Waals surface area contributed by atoms with Crippen molar-refractivity contribution in [3.63, 3.8) is 0 Å². The SMILES string of the molecule is Cc1cc(Nc2nn(C(CC#N)C3CC3)c3cc[nH]c(=O)c23)ccc1C(=O)N(C)C1CCCCC1. The van der Waals surface area contributed by atoms with Crippen molar-refractivity contribution in [1.29, 1.82) is 5.26 Å². The van der Waals surface area contributed by atoms with Gasteiger partial charge in [0.2, 0.25) is 0 Å². The Labute approximate surface area is 204 Å². The number of hydrogen-bond acceptors (Lipinski definition) is 5. The molecule has 2 saturated carbocycles. The molecule has 3 aromatic rings. The van der Waals surface area contributed by atoms with Crippen molar-refractivity contribution in [2.24, 2.45) is 5.92 Å². The molecular weight excluding hydrogens is 440 g/mol. The molecule has 0 bridgehead atoms. The van der Waals surface area contributed by atoms with Gasteiger partial charge in [-0.3, -0.25) is 14.3 Å². The number of nitrogens with zero attached hydrogens (tertiary/aromatic N) is 4. The van der Waals surface area contributed by atoms with Crippen LogP contribution in [-0.2, 0) is 0 Å². The molecule has 2 heterocycles. The summed E-state index contributed by atoms with van der Waals surface area (Å²) in [5, 5.41) is 17.9. The van der Waals surface area contributed by atoms with E-state index in [1.165, 1.54) is 19.3 Å². The molecule has 2 fully saturated rings. The van der Waals surface area contributed by atoms with E-state index in [0.29, 0.717) is 35.1 Å². The number of fused-ring (bicyclic) bond motifs is 1. The van der Waals surface area contributed by atoms with Crippen LogP contribution in [-0.4, -0.2) is 38.7 Å². The van der Waals surface area contributed by atoms with Crippen molar-refractivity contribution in [2.45, 2.75) is 70.4 Å². The number of carbonyl (C=O) groups excluding carboxylic acids is 1. The van der Waals surface area contributed by atoms with Gasteiger partial charge in [0.25, 0.3) is 11.5 Å². The molecule has 0 saturated heterocycles. The number of aryl methyl sites for hydroxylation is 1. The molecule has 2 N–H and O–H groups in total. The Morgan fingerprint density at radius 2 is 2.03 bits per heavy atom. The largest absolute Gasteiger partial charge is 0.339 e. The Kier molecular flexibility index (Phi) is 6.33. The second-order valence-corrected chi connectivity index (χ2v) is 9.99. The fourth-order valence-corrected chi connectivity index (χ4v) is 5.41. The standard InChI is InChI=1S/C27H32N6O2/c1-17-16-19(10-11-21(17)27(35)32(2)20-6-4-3-5-7-20)30-25-24-23(13-15-29-26(24)34)33(31-25)22(12-14-28)18-8-9-18/h10-11,13,15-16,18,20,22H,3-9,12H2,1-2H3,(H,29,34)(H,30,31). The highest BCUT2D eigenvalue weighted by molar-refractivity contribution is 5.96. The van der Waals surface area contributed by atoms with E-state index in [1.54, 1.807) is 6.20 Å². The Morgan fingerprint density at radius 3 is 2.71 bits per heavy atom. The van der Waals surface area contributed by atoms with Gasteiger partial charge >= 0.3 is 0 Å². The molecule has 0 spiro atoms. The number of hydrogen-bond donors (Lipinski definition) is 2. The summed E-state index contributed by atoms with van der Waals surface area (Å²) >= 11 is 0. The molecule has 1 atom stereocenters. The first kappa shape index (κ1) is 23.2. The monoisotopic (exact) mass is 472 g/mol. The highest BCUT2D eigenvalue weighted by Gasteiger charge is 2.34. The Bertz CT molecular complexity index is 1340. The number of carbonyl (C=O) groups is 1. The molecule has 35 heavy (non-hydrogen) atoms. The zero-order valence-electron chi connectivity index (χ0n) is 20.4. The predicted octanol–water partition coefficient (Wildman–Crippen LogP) is 5.05. The first-order valence-corrected chi connectivity index (χ1v) is 12.6. The van der Waals surface area contributed by atoms with E-state index >= 15 is 0 Å². The number of anilines is 2. The minimum atomic E-state index is -0.222. The van der Waals surface area contributed by atoms with Gasteiger partial charge in [-0.2, -0.15) is 10.4 Å². The number of rotatable bonds is 7. The van der Waals surface area contributed by atoms with Crippen LogP contribution in [0.2, 0.25) is 0 Å². The van der Waals surface area contributed by atoms with Crippen LogP contribution < -0.4 is 10.9 Å². The number of benzene rings is 1. The molecule has 182 valence electrons. The lowest BCUT2D eigenvalue weighted by Gasteiger charge is -2.31. The zero-order chi connectivity index (χ0) is 24.5. The fraction of sp³-hybridized carbons (Fsp3) is 0.481. The maximum atomic E-state index is 13.2. The van der Waals surface area contributed by atoms with Crippen molar-refractivity contribution >= 4 is 28.3 Å². The van der Waals surface area contributed by atoms with E-state index in [1.807, 2.05) is 47.8 Å². The average molecular weight is 473 g/mol. The average Bonchev–Trinajstić information content (AvgIpc) is 3.64. The van der Waals surface area contributed by atoms with E-state index < -0.39 is 0 Å². The summed E-state index contributed by atoms with van der Waals surface area (Å²) in [6, 6.07) is 10.0. The number of pyridine rings is 1. The molecule has 0 radical (unpaired) electrons. The van der Waals surface area contributed by atoms with Gasteiger partial charge in [0.05, 0.1) is 24.0 Å². The van der Waals surface area contributed by atoms with Crippen molar-refractivity contribution in [1.82, 2.24) is 19.7 Å². The molecule has 2 aliphatic rings. The molecule has 1 amide bonds. The minimum Gasteiger partial charge on any atom is -0.339 e. The molecule has 5 rings (SSSR count). The first-order valence-electron chi connectivity index (χ1n) is 12.6. The maximum absolute atomic E-state index is 13.2. The Hall–Kier alpha value is -3.60. The summed E-state index contributed by atoms with van der Waals surface area (Å²) in [5.74, 6) is 0.928. The number of amides is 1. The molecular formula is C27H32N6O2. The number of aromatic amines is 1. The van der Waals surface area contributed by atoms with Gasteiger partial charge in [0.1, 0.15) is 5.39 Å². The summed E-state index contributed by atoms with van der Waals surface area (Å²) in [6.07, 6.45) is 9.88. The normalized spacial score (nSPS) is 17.2. The van der Waals surface area contributed by atoms with Crippen molar-refractivity contribution in [2.75, 3.05) is 12.4 Å². The summed E-state index contributed by atoms with van der Waals surface area (Å²) in [4.78, 5) is 30.6. The second-order valence-electron chi connectivity index (χ2n) is 9.99. The van der Waals surface area contributed by atoms with Gasteiger partial charge < -0.3 is 15.2 Å². The molecule has 2 aromatic heterocycles. The summed E-state index contributed by atoms with van der Waals surface area (Å²) in [6.45, 7) is 1.94. The van der Waals surface area contributed by atoms with Crippen molar-refractivity contribution in [3.8, 4) is 6.07 Å². The van der Waals surface area contributed by atoms with Gasteiger partial charge in [0.15, 0.2) is 5.82 Å². The lowest BCUT2D eigenvalue weighted by Crippen LogP contribution is -2.38. The highest BCUT2D eigenvalue weighted by Crippen LogP contribution is 2.43. The third kappa shape index (κ3) is 4.55. The van der Waals surface area contributed by atoms with Gasteiger partial charge in [-0.15, -0.1) is 0 Å². The molecule has 8 nitrogen and oxygen atoms in total. The van der Waals surface area contributed by atoms with Crippen LogP contribution in [0.4, 0.5) is 11.5 Å². The predicted molar refractivity (Wildman–Crippen MR) is 136 cm³/mol. The molecule has 8 heteroatoms. The Morgan fingerprint density at radius 1 is 1.26 bits per heavy atom. The fourth-order valence-electron chi connectivity index (χ4n) is 5.41. The van der Waals surface area contributed by atoms with Crippen molar-refractivity contribution in [3.05, 3.63) is 51.9 Å². The van der Waals surface area contributed by atoms with Crippen LogP contribution in [0, 0.1) is 24.2 Å².